The van der Waals surface area contributed by atoms with Gasteiger partial charge in [-0.1, -0.05) is 0 Å². The second-order valence-corrected chi connectivity index (χ2v) is 4.22. The highest BCUT2D eigenvalue weighted by Crippen LogP contribution is 1.98. The van der Waals surface area contributed by atoms with Gasteiger partial charge < -0.3 is 37.2 Å². The van der Waals surface area contributed by atoms with Gasteiger partial charge in [0.25, 0.3) is 0 Å². The second-order valence-electron chi connectivity index (χ2n) is 4.22. The van der Waals surface area contributed by atoms with Crippen molar-refractivity contribution in [3.05, 3.63) is 0 Å². The number of nitrogens with two attached hydrogens (primary N) is 2. The molecule has 0 amide bonds. The minimum Gasteiger partial charge on any atom is -0.392 e. The molecule has 0 aromatic carbocycles. The molecular formula is C10H25N3O4. The lowest BCUT2D eigenvalue weighted by Crippen LogP contribution is -2.37. The van der Waals surface area contributed by atoms with Crippen molar-refractivity contribution in [2.75, 3.05) is 26.2 Å². The summed E-state index contributed by atoms with van der Waals surface area (Å²) in [5, 5.41) is 40.1. The molecule has 0 aliphatic heterocycles. The van der Waals surface area contributed by atoms with Gasteiger partial charge in [-0.05, 0) is 0 Å². The van der Waals surface area contributed by atoms with Gasteiger partial charge >= 0.3 is 0 Å². The van der Waals surface area contributed by atoms with E-state index < -0.39 is 24.4 Å². The highest BCUT2D eigenvalue weighted by Gasteiger charge is 2.13. The van der Waals surface area contributed by atoms with Crippen LogP contribution in [0.1, 0.15) is 12.8 Å². The minimum atomic E-state index is -0.712. The standard InChI is InChI=1S/C10H25N3O4/c11-3-7(14)1-9(16)5-13-6-10(17)2-8(15)4-12/h7-10,13-17H,1-6,11-12H2/t7-,8?,9?,10-/m1/s1. The molecule has 0 bridgehead atoms. The Labute approximate surface area is 101 Å². The van der Waals surface area contributed by atoms with Crippen molar-refractivity contribution in [2.24, 2.45) is 11.5 Å². The Morgan fingerprint density at radius 2 is 1.06 bits per heavy atom. The van der Waals surface area contributed by atoms with E-state index in [9.17, 15) is 20.4 Å². The van der Waals surface area contributed by atoms with Crippen LogP contribution in [0.4, 0.5) is 0 Å². The van der Waals surface area contributed by atoms with Crippen LogP contribution in [0.25, 0.3) is 0 Å². The largest absolute Gasteiger partial charge is 0.392 e. The molecule has 0 aliphatic rings. The third-order valence-electron chi connectivity index (χ3n) is 2.39. The highest BCUT2D eigenvalue weighted by molar-refractivity contribution is 4.70. The fraction of sp³-hybridized carbons (Fsp3) is 1.00. The maximum Gasteiger partial charge on any atom is 0.0689 e. The summed E-state index contributed by atoms with van der Waals surface area (Å²) in [6.45, 7) is 0.741. The lowest BCUT2D eigenvalue weighted by Gasteiger charge is -2.18. The number of aliphatic hydroxyl groups is 4. The lowest BCUT2D eigenvalue weighted by atomic mass is 10.1. The number of nitrogens with one attached hydrogen (secondary N) is 1. The van der Waals surface area contributed by atoms with Crippen LogP contribution < -0.4 is 16.8 Å². The van der Waals surface area contributed by atoms with Crippen molar-refractivity contribution in [2.45, 2.75) is 37.3 Å². The molecule has 0 spiro atoms. The monoisotopic (exact) mass is 251 g/mol. The summed E-state index contributed by atoms with van der Waals surface area (Å²) in [7, 11) is 0. The van der Waals surface area contributed by atoms with E-state index in [1.165, 1.54) is 0 Å². The maximum absolute atomic E-state index is 9.46. The molecular weight excluding hydrogens is 226 g/mol. The van der Waals surface area contributed by atoms with Crippen molar-refractivity contribution >= 4 is 0 Å². The maximum atomic E-state index is 9.46. The summed E-state index contributed by atoms with van der Waals surface area (Å²) in [5.74, 6) is 0. The number of hydrogen-bond donors (Lipinski definition) is 7. The summed E-state index contributed by atoms with van der Waals surface area (Å²) in [6, 6.07) is 0. The Bertz CT molecular complexity index is 167. The molecule has 2 unspecified atom stereocenters. The molecule has 0 saturated heterocycles. The smallest absolute Gasteiger partial charge is 0.0689 e. The van der Waals surface area contributed by atoms with E-state index >= 15 is 0 Å². The zero-order valence-electron chi connectivity index (χ0n) is 10.00. The third-order valence-corrected chi connectivity index (χ3v) is 2.39. The van der Waals surface area contributed by atoms with Gasteiger partial charge in [-0.25, -0.2) is 0 Å². The molecule has 0 heterocycles. The number of hydrogen-bond acceptors (Lipinski definition) is 7. The summed E-state index contributed by atoms with van der Waals surface area (Å²) in [6.07, 6.45) is -2.44. The molecule has 0 aliphatic carbocycles. The average Bonchev–Trinajstić information content (AvgIpc) is 2.28. The SMILES string of the molecule is NCC(O)C[C@@H](O)CNCC(O)C[C@@H](O)CN. The molecule has 0 radical (unpaired) electrons. The molecule has 0 rings (SSSR count). The Balaban J connectivity index is 3.55. The molecule has 0 aromatic heterocycles. The normalized spacial score (nSPS) is 18.7. The van der Waals surface area contributed by atoms with Gasteiger partial charge in [0.15, 0.2) is 0 Å². The number of aliphatic hydroxyl groups excluding tert-OH is 4. The molecule has 0 saturated carbocycles. The van der Waals surface area contributed by atoms with Crippen molar-refractivity contribution in [1.29, 1.82) is 0 Å². The first-order valence-corrected chi connectivity index (χ1v) is 5.82. The topological polar surface area (TPSA) is 145 Å². The minimum absolute atomic E-state index is 0.113. The quantitative estimate of drug-likeness (QED) is 0.215. The van der Waals surface area contributed by atoms with Crippen LogP contribution in [-0.4, -0.2) is 71.0 Å². The lowest BCUT2D eigenvalue weighted by molar-refractivity contribution is 0.0701. The number of rotatable bonds is 10. The van der Waals surface area contributed by atoms with Crippen molar-refractivity contribution in [3.8, 4) is 0 Å². The summed E-state index contributed by atoms with van der Waals surface area (Å²) < 4.78 is 0. The van der Waals surface area contributed by atoms with Crippen molar-refractivity contribution < 1.29 is 20.4 Å². The van der Waals surface area contributed by atoms with Gasteiger partial charge in [0.1, 0.15) is 0 Å². The Morgan fingerprint density at radius 3 is 1.35 bits per heavy atom. The van der Waals surface area contributed by atoms with Crippen LogP contribution in [0.5, 0.6) is 0 Å². The average molecular weight is 251 g/mol. The predicted octanol–water partition coefficient (Wildman–Crippen LogP) is -3.28. The van der Waals surface area contributed by atoms with E-state index in [0.717, 1.165) is 0 Å². The molecule has 7 nitrogen and oxygen atoms in total. The Morgan fingerprint density at radius 1 is 0.706 bits per heavy atom. The van der Waals surface area contributed by atoms with Gasteiger partial charge in [-0.2, -0.15) is 0 Å². The van der Waals surface area contributed by atoms with Gasteiger partial charge in [-0.15, -0.1) is 0 Å². The zero-order valence-corrected chi connectivity index (χ0v) is 10.00. The summed E-state index contributed by atoms with van der Waals surface area (Å²) in [5.41, 5.74) is 10.4. The predicted molar refractivity (Wildman–Crippen MR) is 64.2 cm³/mol. The molecule has 17 heavy (non-hydrogen) atoms. The van der Waals surface area contributed by atoms with Crippen LogP contribution in [0, 0.1) is 0 Å². The van der Waals surface area contributed by atoms with Crippen LogP contribution >= 0.6 is 0 Å². The van der Waals surface area contributed by atoms with E-state index in [1.807, 2.05) is 0 Å². The highest BCUT2D eigenvalue weighted by atomic mass is 16.3. The van der Waals surface area contributed by atoms with Gasteiger partial charge in [0.05, 0.1) is 24.4 Å². The van der Waals surface area contributed by atoms with Crippen molar-refractivity contribution in [3.63, 3.8) is 0 Å². The molecule has 0 aromatic rings. The second kappa shape index (κ2) is 9.72. The Hall–Kier alpha value is -0.280. The van der Waals surface area contributed by atoms with Crippen molar-refractivity contribution in [1.82, 2.24) is 5.32 Å². The Kier molecular flexibility index (Phi) is 9.56. The summed E-state index contributed by atoms with van der Waals surface area (Å²) in [4.78, 5) is 0. The van der Waals surface area contributed by atoms with Gasteiger partial charge in [-0.3, -0.25) is 0 Å². The van der Waals surface area contributed by atoms with Crippen LogP contribution in [-0.2, 0) is 0 Å². The van der Waals surface area contributed by atoms with Crippen LogP contribution in [0.15, 0.2) is 0 Å². The van der Waals surface area contributed by atoms with E-state index in [-0.39, 0.29) is 39.0 Å². The first kappa shape index (κ1) is 16.7. The first-order valence-electron chi connectivity index (χ1n) is 5.82. The fourth-order valence-corrected chi connectivity index (χ4v) is 1.40. The zero-order chi connectivity index (χ0) is 13.3. The van der Waals surface area contributed by atoms with E-state index in [0.29, 0.717) is 0 Å². The molecule has 7 heteroatoms. The first-order chi connectivity index (χ1) is 7.99. The fourth-order valence-electron chi connectivity index (χ4n) is 1.40. The van der Waals surface area contributed by atoms with E-state index in [4.69, 9.17) is 11.5 Å². The van der Waals surface area contributed by atoms with Crippen LogP contribution in [0.3, 0.4) is 0 Å². The van der Waals surface area contributed by atoms with Gasteiger partial charge in [0, 0.05) is 39.0 Å². The molecule has 0 fully saturated rings. The molecule has 9 N–H and O–H groups in total. The van der Waals surface area contributed by atoms with E-state index in [1.54, 1.807) is 0 Å². The van der Waals surface area contributed by atoms with Crippen LogP contribution in [0.2, 0.25) is 0 Å². The molecule has 104 valence electrons. The molecule has 4 atom stereocenters. The van der Waals surface area contributed by atoms with E-state index in [2.05, 4.69) is 5.32 Å². The summed E-state index contributed by atoms with van der Waals surface area (Å²) >= 11 is 0. The third kappa shape index (κ3) is 9.42. The van der Waals surface area contributed by atoms with Gasteiger partial charge in [0.2, 0.25) is 0 Å².